The number of carbonyl (C=O) groups is 2. The van der Waals surface area contributed by atoms with E-state index < -0.39 is 23.1 Å². The maximum absolute atomic E-state index is 11.9. The molecule has 0 saturated heterocycles. The molecule has 1 heterocycles. The molecule has 2 rings (SSSR count). The second kappa shape index (κ2) is 4.83. The molecule has 1 amide bonds. The van der Waals surface area contributed by atoms with Gasteiger partial charge in [-0.25, -0.2) is 14.6 Å². The molecule has 7 heteroatoms. The summed E-state index contributed by atoms with van der Waals surface area (Å²) in [5, 5.41) is 11.7. The first kappa shape index (κ1) is 13.3. The largest absolute Gasteiger partial charge is 0.480 e. The Morgan fingerprint density at radius 1 is 1.58 bits per heavy atom. The fourth-order valence-corrected chi connectivity index (χ4v) is 1.98. The van der Waals surface area contributed by atoms with Gasteiger partial charge in [-0.3, -0.25) is 9.36 Å². The van der Waals surface area contributed by atoms with Crippen molar-refractivity contribution in [3.63, 3.8) is 0 Å². The van der Waals surface area contributed by atoms with Crippen molar-refractivity contribution >= 4 is 11.9 Å². The zero-order valence-electron chi connectivity index (χ0n) is 10.5. The molecule has 102 valence electrons. The number of carboxylic acid groups (broad SMARTS) is 1. The van der Waals surface area contributed by atoms with Crippen LogP contribution in [-0.4, -0.2) is 32.1 Å². The summed E-state index contributed by atoms with van der Waals surface area (Å²) in [6, 6.07) is 1.53. The van der Waals surface area contributed by atoms with Gasteiger partial charge < -0.3 is 10.4 Å². The first-order chi connectivity index (χ1) is 8.93. The molecule has 1 aromatic rings. The van der Waals surface area contributed by atoms with Crippen molar-refractivity contribution in [3.05, 3.63) is 28.9 Å². The first-order valence-electron chi connectivity index (χ1n) is 5.99. The van der Waals surface area contributed by atoms with Crippen molar-refractivity contribution in [1.82, 2.24) is 14.9 Å². The molecule has 1 aliphatic rings. The van der Waals surface area contributed by atoms with Gasteiger partial charge >= 0.3 is 11.7 Å². The maximum Gasteiger partial charge on any atom is 0.347 e. The smallest absolute Gasteiger partial charge is 0.347 e. The summed E-state index contributed by atoms with van der Waals surface area (Å²) in [5.74, 6) is -1.60. The Bertz CT molecular complexity index is 564. The number of nitrogens with one attached hydrogen (secondary N) is 1. The molecule has 0 spiro atoms. The molecule has 0 aliphatic heterocycles. The maximum atomic E-state index is 11.9. The third-order valence-corrected chi connectivity index (χ3v) is 3.33. The van der Waals surface area contributed by atoms with E-state index in [0.29, 0.717) is 0 Å². The number of amides is 1. The van der Waals surface area contributed by atoms with Crippen molar-refractivity contribution in [2.75, 3.05) is 0 Å². The molecule has 2 N–H and O–H groups in total. The van der Waals surface area contributed by atoms with Crippen molar-refractivity contribution < 1.29 is 14.7 Å². The summed E-state index contributed by atoms with van der Waals surface area (Å²) in [7, 11) is 0. The Balaban J connectivity index is 2.07. The van der Waals surface area contributed by atoms with Crippen LogP contribution in [0.4, 0.5) is 0 Å². The van der Waals surface area contributed by atoms with Gasteiger partial charge in [-0.05, 0) is 31.7 Å². The minimum Gasteiger partial charge on any atom is -0.480 e. The zero-order valence-corrected chi connectivity index (χ0v) is 10.5. The number of nitrogens with zero attached hydrogens (tertiary/aromatic N) is 2. The fourth-order valence-electron chi connectivity index (χ4n) is 1.98. The van der Waals surface area contributed by atoms with Crippen LogP contribution in [-0.2, 0) is 16.1 Å². The molecule has 1 saturated carbocycles. The number of carboxylic acids is 1. The molecular formula is C12H15N3O4. The Morgan fingerprint density at radius 2 is 2.26 bits per heavy atom. The van der Waals surface area contributed by atoms with Crippen LogP contribution in [0.2, 0.25) is 0 Å². The standard InChI is InChI=1S/C12H15N3O4/c1-12(10(17)18,8-3-4-8)14-9(16)7-15-6-2-5-13-11(15)19/h2,5-6,8H,3-4,7H2,1H3,(H,14,16)(H,17,18). The zero-order chi connectivity index (χ0) is 14.0. The van der Waals surface area contributed by atoms with Gasteiger partial charge in [0.05, 0.1) is 0 Å². The Labute approximate surface area is 109 Å². The summed E-state index contributed by atoms with van der Waals surface area (Å²) in [6.45, 7) is 1.26. The van der Waals surface area contributed by atoms with Crippen LogP contribution < -0.4 is 11.0 Å². The molecule has 0 bridgehead atoms. The normalized spacial score (nSPS) is 17.5. The van der Waals surface area contributed by atoms with E-state index in [1.807, 2.05) is 0 Å². The molecular weight excluding hydrogens is 250 g/mol. The third kappa shape index (κ3) is 2.81. The highest BCUT2D eigenvalue weighted by Gasteiger charge is 2.48. The number of aliphatic carboxylic acids is 1. The fraction of sp³-hybridized carbons (Fsp3) is 0.500. The topological polar surface area (TPSA) is 101 Å². The highest BCUT2D eigenvalue weighted by Crippen LogP contribution is 2.39. The Morgan fingerprint density at radius 3 is 2.79 bits per heavy atom. The van der Waals surface area contributed by atoms with Crippen molar-refractivity contribution in [2.45, 2.75) is 31.8 Å². The molecule has 1 atom stereocenters. The van der Waals surface area contributed by atoms with Crippen molar-refractivity contribution in [3.8, 4) is 0 Å². The SMILES string of the molecule is CC(NC(=O)Cn1cccnc1=O)(C(=O)O)C1CC1. The number of carbonyl (C=O) groups excluding carboxylic acids is 1. The van der Waals surface area contributed by atoms with E-state index in [1.165, 1.54) is 25.4 Å². The van der Waals surface area contributed by atoms with E-state index in [1.54, 1.807) is 0 Å². The van der Waals surface area contributed by atoms with Crippen LogP contribution in [0.3, 0.4) is 0 Å². The van der Waals surface area contributed by atoms with Gasteiger partial charge in [0.2, 0.25) is 5.91 Å². The molecule has 1 unspecified atom stereocenters. The van der Waals surface area contributed by atoms with Crippen LogP contribution in [0.25, 0.3) is 0 Å². The number of hydrogen-bond donors (Lipinski definition) is 2. The predicted molar refractivity (Wildman–Crippen MR) is 65.4 cm³/mol. The van der Waals surface area contributed by atoms with E-state index in [-0.39, 0.29) is 12.5 Å². The number of aromatic nitrogens is 2. The van der Waals surface area contributed by atoms with Crippen LogP contribution >= 0.6 is 0 Å². The van der Waals surface area contributed by atoms with Crippen molar-refractivity contribution in [2.24, 2.45) is 5.92 Å². The summed E-state index contributed by atoms with van der Waals surface area (Å²) in [5.41, 5.74) is -1.80. The average Bonchev–Trinajstić information content (AvgIpc) is 3.16. The lowest BCUT2D eigenvalue weighted by Gasteiger charge is -2.26. The minimum absolute atomic E-state index is 0.0421. The average molecular weight is 265 g/mol. The molecule has 1 aliphatic carbocycles. The quantitative estimate of drug-likeness (QED) is 0.755. The number of rotatable bonds is 5. The Hall–Kier alpha value is -2.18. The van der Waals surface area contributed by atoms with Gasteiger partial charge in [0.1, 0.15) is 12.1 Å². The summed E-state index contributed by atoms with van der Waals surface area (Å²) in [6.07, 6.45) is 4.35. The van der Waals surface area contributed by atoms with E-state index in [4.69, 9.17) is 0 Å². The molecule has 7 nitrogen and oxygen atoms in total. The number of hydrogen-bond acceptors (Lipinski definition) is 4. The highest BCUT2D eigenvalue weighted by molar-refractivity contribution is 5.87. The lowest BCUT2D eigenvalue weighted by atomic mass is 9.96. The molecule has 1 fully saturated rings. The van der Waals surface area contributed by atoms with Crippen LogP contribution in [0, 0.1) is 5.92 Å². The second-order valence-corrected chi connectivity index (χ2v) is 4.86. The second-order valence-electron chi connectivity index (χ2n) is 4.86. The van der Waals surface area contributed by atoms with Crippen LogP contribution in [0.5, 0.6) is 0 Å². The monoisotopic (exact) mass is 265 g/mol. The summed E-state index contributed by atoms with van der Waals surface area (Å²) >= 11 is 0. The van der Waals surface area contributed by atoms with Crippen LogP contribution in [0.15, 0.2) is 23.3 Å². The molecule has 0 radical (unpaired) electrons. The van der Waals surface area contributed by atoms with Gasteiger partial charge in [0.15, 0.2) is 0 Å². The van der Waals surface area contributed by atoms with Gasteiger partial charge in [-0.1, -0.05) is 0 Å². The third-order valence-electron chi connectivity index (χ3n) is 3.33. The van der Waals surface area contributed by atoms with E-state index in [2.05, 4.69) is 10.3 Å². The van der Waals surface area contributed by atoms with E-state index in [0.717, 1.165) is 17.4 Å². The molecule has 19 heavy (non-hydrogen) atoms. The van der Waals surface area contributed by atoms with Gasteiger partial charge in [-0.15, -0.1) is 0 Å². The van der Waals surface area contributed by atoms with Crippen LogP contribution in [0.1, 0.15) is 19.8 Å². The van der Waals surface area contributed by atoms with Crippen molar-refractivity contribution in [1.29, 1.82) is 0 Å². The summed E-state index contributed by atoms with van der Waals surface area (Å²) < 4.78 is 1.13. The molecule has 1 aromatic heterocycles. The Kier molecular flexibility index (Phi) is 3.37. The van der Waals surface area contributed by atoms with Gasteiger partial charge in [0.25, 0.3) is 0 Å². The van der Waals surface area contributed by atoms with Gasteiger partial charge in [0, 0.05) is 12.4 Å². The molecule has 0 aromatic carbocycles. The minimum atomic E-state index is -1.26. The van der Waals surface area contributed by atoms with Gasteiger partial charge in [-0.2, -0.15) is 0 Å². The lowest BCUT2D eigenvalue weighted by molar-refractivity contribution is -0.148. The first-order valence-corrected chi connectivity index (χ1v) is 5.99. The summed E-state index contributed by atoms with van der Waals surface area (Å²) in [4.78, 5) is 38.0. The van der Waals surface area contributed by atoms with E-state index in [9.17, 15) is 19.5 Å². The predicted octanol–water partition coefficient (Wildman–Crippen LogP) is -0.387. The highest BCUT2D eigenvalue weighted by atomic mass is 16.4. The van der Waals surface area contributed by atoms with E-state index >= 15 is 0 Å². The lowest BCUT2D eigenvalue weighted by Crippen LogP contribution is -2.55.